The number of carbonyl (C=O) groups is 1. The maximum atomic E-state index is 10.6. The van der Waals surface area contributed by atoms with Gasteiger partial charge in [-0.25, -0.2) is 0 Å². The van der Waals surface area contributed by atoms with Crippen molar-refractivity contribution in [3.63, 3.8) is 0 Å². The highest BCUT2D eigenvalue weighted by Gasteiger charge is 2.07. The Morgan fingerprint density at radius 1 is 1.21 bits per heavy atom. The van der Waals surface area contributed by atoms with Gasteiger partial charge in [0.15, 0.2) is 0 Å². The molecule has 14 heavy (non-hydrogen) atoms. The maximum absolute atomic E-state index is 10.6. The molecule has 0 saturated heterocycles. The molecule has 0 aliphatic carbocycles. The van der Waals surface area contributed by atoms with Gasteiger partial charge in [0.1, 0.15) is 0 Å². The molecule has 1 atom stereocenters. The van der Waals surface area contributed by atoms with E-state index in [0.717, 1.165) is 6.42 Å². The molecule has 0 spiro atoms. The monoisotopic (exact) mass is 200 g/mol. The molecule has 0 aliphatic rings. The van der Waals surface area contributed by atoms with Gasteiger partial charge in [0.25, 0.3) is 0 Å². The molecule has 0 aromatic heterocycles. The number of esters is 1. The van der Waals surface area contributed by atoms with Crippen molar-refractivity contribution in [3.05, 3.63) is 0 Å². The zero-order valence-corrected chi connectivity index (χ0v) is 9.84. The standard InChI is InChI=1S/C12H24O2/c1-4-6-7-8-9-12(5-2)10-14-11(3)13/h12H,4-10H2,1-3H3. The quantitative estimate of drug-likeness (QED) is 0.442. The Balaban J connectivity index is 3.42. The molecule has 0 aromatic carbocycles. The average Bonchev–Trinajstić information content (AvgIpc) is 2.16. The Hall–Kier alpha value is -0.530. The first-order chi connectivity index (χ1) is 6.70. The van der Waals surface area contributed by atoms with Crippen molar-refractivity contribution in [1.29, 1.82) is 0 Å². The van der Waals surface area contributed by atoms with E-state index in [0.29, 0.717) is 12.5 Å². The molecule has 0 aliphatic heterocycles. The fraction of sp³-hybridized carbons (Fsp3) is 0.917. The topological polar surface area (TPSA) is 26.3 Å². The zero-order valence-electron chi connectivity index (χ0n) is 9.84. The number of hydrogen-bond donors (Lipinski definition) is 0. The minimum atomic E-state index is -0.156. The summed E-state index contributed by atoms with van der Waals surface area (Å²) in [6, 6.07) is 0. The van der Waals surface area contributed by atoms with Gasteiger partial charge in [-0.05, 0) is 12.3 Å². The van der Waals surface area contributed by atoms with Gasteiger partial charge in [-0.15, -0.1) is 0 Å². The molecule has 0 radical (unpaired) electrons. The lowest BCUT2D eigenvalue weighted by Gasteiger charge is -2.13. The molecule has 0 rings (SSSR count). The van der Waals surface area contributed by atoms with Crippen LogP contribution in [0.4, 0.5) is 0 Å². The third-order valence-corrected chi connectivity index (χ3v) is 2.57. The highest BCUT2D eigenvalue weighted by molar-refractivity contribution is 5.65. The normalized spacial score (nSPS) is 12.5. The predicted octanol–water partition coefficient (Wildman–Crippen LogP) is 3.55. The molecule has 0 saturated carbocycles. The summed E-state index contributed by atoms with van der Waals surface area (Å²) in [5.41, 5.74) is 0. The molecule has 0 amide bonds. The molecule has 0 heterocycles. The van der Waals surface area contributed by atoms with E-state index in [1.165, 1.54) is 39.0 Å². The van der Waals surface area contributed by atoms with Gasteiger partial charge in [0.05, 0.1) is 6.61 Å². The Kier molecular flexibility index (Phi) is 8.70. The number of ether oxygens (including phenoxy) is 1. The van der Waals surface area contributed by atoms with Crippen LogP contribution in [-0.4, -0.2) is 12.6 Å². The molecular formula is C12H24O2. The molecule has 0 fully saturated rings. The van der Waals surface area contributed by atoms with Crippen LogP contribution < -0.4 is 0 Å². The van der Waals surface area contributed by atoms with E-state index >= 15 is 0 Å². The summed E-state index contributed by atoms with van der Waals surface area (Å²) in [5, 5.41) is 0. The predicted molar refractivity (Wildman–Crippen MR) is 59.2 cm³/mol. The summed E-state index contributed by atoms with van der Waals surface area (Å²) >= 11 is 0. The van der Waals surface area contributed by atoms with E-state index in [9.17, 15) is 4.79 Å². The second kappa shape index (κ2) is 9.04. The molecule has 0 bridgehead atoms. The Labute approximate surface area is 88.0 Å². The van der Waals surface area contributed by atoms with Crippen LogP contribution >= 0.6 is 0 Å². The van der Waals surface area contributed by atoms with E-state index < -0.39 is 0 Å². The van der Waals surface area contributed by atoms with Crippen LogP contribution in [0.3, 0.4) is 0 Å². The molecule has 2 nitrogen and oxygen atoms in total. The van der Waals surface area contributed by atoms with Crippen molar-refractivity contribution >= 4 is 5.97 Å². The largest absolute Gasteiger partial charge is 0.466 e. The minimum absolute atomic E-state index is 0.156. The van der Waals surface area contributed by atoms with Gasteiger partial charge in [0.2, 0.25) is 0 Å². The summed E-state index contributed by atoms with van der Waals surface area (Å²) < 4.78 is 5.01. The fourth-order valence-corrected chi connectivity index (χ4v) is 1.50. The van der Waals surface area contributed by atoms with Gasteiger partial charge in [-0.1, -0.05) is 46.0 Å². The first-order valence-corrected chi connectivity index (χ1v) is 5.84. The lowest BCUT2D eigenvalue weighted by atomic mass is 9.99. The van der Waals surface area contributed by atoms with E-state index in [1.807, 2.05) is 0 Å². The van der Waals surface area contributed by atoms with Crippen LogP contribution in [-0.2, 0) is 9.53 Å². The SMILES string of the molecule is CCCCCCC(CC)COC(C)=O. The zero-order chi connectivity index (χ0) is 10.8. The van der Waals surface area contributed by atoms with Gasteiger partial charge < -0.3 is 4.74 Å². The van der Waals surface area contributed by atoms with Crippen molar-refractivity contribution in [1.82, 2.24) is 0 Å². The van der Waals surface area contributed by atoms with Crippen LogP contribution in [0.1, 0.15) is 59.3 Å². The van der Waals surface area contributed by atoms with Crippen LogP contribution in [0.2, 0.25) is 0 Å². The van der Waals surface area contributed by atoms with E-state index in [2.05, 4.69) is 13.8 Å². The average molecular weight is 200 g/mol. The van der Waals surface area contributed by atoms with E-state index in [1.54, 1.807) is 0 Å². The molecule has 2 heteroatoms. The summed E-state index contributed by atoms with van der Waals surface area (Å²) in [4.78, 5) is 10.6. The maximum Gasteiger partial charge on any atom is 0.302 e. The van der Waals surface area contributed by atoms with Crippen LogP contribution in [0.25, 0.3) is 0 Å². The molecule has 84 valence electrons. The number of rotatable bonds is 8. The Bertz CT molecular complexity index is 143. The highest BCUT2D eigenvalue weighted by atomic mass is 16.5. The van der Waals surface area contributed by atoms with Crippen molar-refractivity contribution in [2.75, 3.05) is 6.61 Å². The lowest BCUT2D eigenvalue weighted by Crippen LogP contribution is -2.11. The van der Waals surface area contributed by atoms with Crippen molar-refractivity contribution in [3.8, 4) is 0 Å². The van der Waals surface area contributed by atoms with Gasteiger partial charge in [-0.2, -0.15) is 0 Å². The van der Waals surface area contributed by atoms with Crippen molar-refractivity contribution < 1.29 is 9.53 Å². The summed E-state index contributed by atoms with van der Waals surface area (Å²) in [6.45, 7) is 6.46. The lowest BCUT2D eigenvalue weighted by molar-refractivity contribution is -0.142. The first kappa shape index (κ1) is 13.5. The van der Waals surface area contributed by atoms with Crippen molar-refractivity contribution in [2.24, 2.45) is 5.92 Å². The number of hydrogen-bond acceptors (Lipinski definition) is 2. The van der Waals surface area contributed by atoms with Gasteiger partial charge in [0, 0.05) is 6.92 Å². The molecule has 0 aromatic rings. The molecule has 0 N–H and O–H groups in total. The van der Waals surface area contributed by atoms with Gasteiger partial charge in [-0.3, -0.25) is 4.79 Å². The minimum Gasteiger partial charge on any atom is -0.466 e. The molecule has 1 unspecified atom stereocenters. The van der Waals surface area contributed by atoms with Gasteiger partial charge >= 0.3 is 5.97 Å². The number of unbranched alkanes of at least 4 members (excludes halogenated alkanes) is 3. The van der Waals surface area contributed by atoms with Crippen LogP contribution in [0, 0.1) is 5.92 Å². The highest BCUT2D eigenvalue weighted by Crippen LogP contribution is 2.14. The van der Waals surface area contributed by atoms with Crippen LogP contribution in [0.5, 0.6) is 0 Å². The summed E-state index contributed by atoms with van der Waals surface area (Å²) in [7, 11) is 0. The Morgan fingerprint density at radius 3 is 2.43 bits per heavy atom. The number of carbonyl (C=O) groups excluding carboxylic acids is 1. The first-order valence-electron chi connectivity index (χ1n) is 5.84. The van der Waals surface area contributed by atoms with Crippen molar-refractivity contribution in [2.45, 2.75) is 59.3 Å². The fourth-order valence-electron chi connectivity index (χ4n) is 1.50. The Morgan fingerprint density at radius 2 is 1.93 bits per heavy atom. The third kappa shape index (κ3) is 8.09. The second-order valence-corrected chi connectivity index (χ2v) is 3.93. The third-order valence-electron chi connectivity index (χ3n) is 2.57. The summed E-state index contributed by atoms with van der Waals surface area (Å²) in [5.74, 6) is 0.410. The van der Waals surface area contributed by atoms with E-state index in [4.69, 9.17) is 4.74 Å². The molecular weight excluding hydrogens is 176 g/mol. The van der Waals surface area contributed by atoms with E-state index in [-0.39, 0.29) is 5.97 Å². The summed E-state index contributed by atoms with van der Waals surface area (Å²) in [6.07, 6.45) is 7.49. The van der Waals surface area contributed by atoms with Crippen LogP contribution in [0.15, 0.2) is 0 Å². The smallest absolute Gasteiger partial charge is 0.302 e. The second-order valence-electron chi connectivity index (χ2n) is 3.93.